The molecule has 1 aliphatic rings. The largest absolute Gasteiger partial charge is 0.497 e. The van der Waals surface area contributed by atoms with E-state index < -0.39 is 5.60 Å². The maximum absolute atomic E-state index is 12.1. The van der Waals surface area contributed by atoms with Crippen LogP contribution in [0.1, 0.15) is 24.5 Å². The molecule has 96 valence electrons. The molecule has 4 nitrogen and oxygen atoms in total. The molecule has 4 heteroatoms. The predicted molar refractivity (Wildman–Crippen MR) is 70.1 cm³/mol. The summed E-state index contributed by atoms with van der Waals surface area (Å²) in [6.45, 7) is 5.58. The van der Waals surface area contributed by atoms with E-state index in [0.717, 1.165) is 5.56 Å². The Morgan fingerprint density at radius 3 is 2.78 bits per heavy atom. The highest BCUT2D eigenvalue weighted by molar-refractivity contribution is 6.06. The van der Waals surface area contributed by atoms with E-state index in [0.29, 0.717) is 23.4 Å². The van der Waals surface area contributed by atoms with E-state index >= 15 is 0 Å². The summed E-state index contributed by atoms with van der Waals surface area (Å²) in [5, 5.41) is 10.4. The first kappa shape index (κ1) is 12.6. The summed E-state index contributed by atoms with van der Waals surface area (Å²) < 4.78 is 5.08. The Morgan fingerprint density at radius 2 is 2.22 bits per heavy atom. The lowest BCUT2D eigenvalue weighted by Gasteiger charge is -2.19. The molecule has 1 aliphatic heterocycles. The Balaban J connectivity index is 2.57. The van der Waals surface area contributed by atoms with Crippen LogP contribution < -0.4 is 4.90 Å². The molecule has 0 spiro atoms. The van der Waals surface area contributed by atoms with Gasteiger partial charge >= 0.3 is 0 Å². The molecule has 1 heterocycles. The number of aliphatic hydroxyl groups is 1. The number of anilines is 1. The average molecular weight is 247 g/mol. The molecule has 1 amide bonds. The zero-order chi connectivity index (χ0) is 13.5. The van der Waals surface area contributed by atoms with Crippen LogP contribution in [0.2, 0.25) is 0 Å². The van der Waals surface area contributed by atoms with Crippen molar-refractivity contribution in [3.05, 3.63) is 35.9 Å². The fraction of sp³-hybridized carbons (Fsp3) is 0.357. The first-order chi connectivity index (χ1) is 8.45. The molecular formula is C14H17NO3. The lowest BCUT2D eigenvalue weighted by molar-refractivity contribution is -0.136. The molecule has 0 saturated heterocycles. The summed E-state index contributed by atoms with van der Waals surface area (Å²) >= 11 is 0. The highest BCUT2D eigenvalue weighted by Crippen LogP contribution is 2.42. The maximum Gasteiger partial charge on any atom is 0.263 e. The third-order valence-electron chi connectivity index (χ3n) is 3.54. The number of hydrogen-bond donors (Lipinski definition) is 1. The first-order valence-electron chi connectivity index (χ1n) is 5.84. The number of rotatable bonds is 3. The number of carbonyl (C=O) groups excluding carboxylic acids is 1. The maximum atomic E-state index is 12.1. The Hall–Kier alpha value is -1.81. The molecule has 0 aromatic heterocycles. The number of fused-ring (bicyclic) bond motifs is 1. The minimum Gasteiger partial charge on any atom is -0.497 e. The van der Waals surface area contributed by atoms with Crippen molar-refractivity contribution in [1.82, 2.24) is 0 Å². The lowest BCUT2D eigenvalue weighted by atomic mass is 9.92. The molecule has 2 rings (SSSR count). The summed E-state index contributed by atoms with van der Waals surface area (Å²) in [7, 11) is 3.21. The number of amides is 1. The SMILES string of the molecule is C=C(OC)c1ccc2c(c1)N(C)C(=O)C2(O)CC. The summed E-state index contributed by atoms with van der Waals surface area (Å²) in [6.07, 6.45) is 0.355. The molecule has 0 fully saturated rings. The van der Waals surface area contributed by atoms with Crippen molar-refractivity contribution in [2.75, 3.05) is 19.1 Å². The van der Waals surface area contributed by atoms with Gasteiger partial charge in [0.15, 0.2) is 5.60 Å². The molecule has 0 saturated carbocycles. The van der Waals surface area contributed by atoms with E-state index in [2.05, 4.69) is 6.58 Å². The van der Waals surface area contributed by atoms with Crippen LogP contribution in [-0.4, -0.2) is 25.2 Å². The van der Waals surface area contributed by atoms with E-state index in [1.165, 1.54) is 4.90 Å². The third-order valence-corrected chi connectivity index (χ3v) is 3.54. The molecular weight excluding hydrogens is 230 g/mol. The van der Waals surface area contributed by atoms with Gasteiger partial charge in [-0.05, 0) is 12.5 Å². The fourth-order valence-electron chi connectivity index (χ4n) is 2.29. The van der Waals surface area contributed by atoms with Crippen LogP contribution in [0.3, 0.4) is 0 Å². The quantitative estimate of drug-likeness (QED) is 0.830. The van der Waals surface area contributed by atoms with Gasteiger partial charge in [-0.25, -0.2) is 0 Å². The Morgan fingerprint density at radius 1 is 1.56 bits per heavy atom. The van der Waals surface area contributed by atoms with Crippen LogP contribution in [0, 0.1) is 0 Å². The highest BCUT2D eigenvalue weighted by Gasteiger charge is 2.47. The number of likely N-dealkylation sites (N-methyl/N-ethyl adjacent to an activating group) is 1. The number of ether oxygens (including phenoxy) is 1. The van der Waals surface area contributed by atoms with Crippen LogP contribution in [0.4, 0.5) is 5.69 Å². The van der Waals surface area contributed by atoms with Crippen molar-refractivity contribution in [2.24, 2.45) is 0 Å². The highest BCUT2D eigenvalue weighted by atomic mass is 16.5. The average Bonchev–Trinajstić information content (AvgIpc) is 2.60. The standard InChI is InChI=1S/C14H17NO3/c1-5-14(17)11-7-6-10(9(2)18-4)8-12(11)15(3)13(14)16/h6-8,17H,2,5H2,1,3-4H3. The fourth-order valence-corrected chi connectivity index (χ4v) is 2.29. The van der Waals surface area contributed by atoms with E-state index in [-0.39, 0.29) is 5.91 Å². The second-order valence-electron chi connectivity index (χ2n) is 4.44. The van der Waals surface area contributed by atoms with E-state index in [9.17, 15) is 9.90 Å². The van der Waals surface area contributed by atoms with E-state index in [1.807, 2.05) is 6.07 Å². The third kappa shape index (κ3) is 1.53. The zero-order valence-corrected chi connectivity index (χ0v) is 10.9. The van der Waals surface area contributed by atoms with Gasteiger partial charge in [-0.15, -0.1) is 0 Å². The van der Waals surface area contributed by atoms with Gasteiger partial charge in [-0.3, -0.25) is 4.79 Å². The zero-order valence-electron chi connectivity index (χ0n) is 10.9. The number of hydrogen-bond acceptors (Lipinski definition) is 3. The molecule has 0 bridgehead atoms. The van der Waals surface area contributed by atoms with Gasteiger partial charge in [0.25, 0.3) is 5.91 Å². The number of benzene rings is 1. The molecule has 1 aromatic rings. The van der Waals surface area contributed by atoms with Crippen LogP contribution in [0.5, 0.6) is 0 Å². The van der Waals surface area contributed by atoms with E-state index in [4.69, 9.17) is 4.74 Å². The molecule has 1 N–H and O–H groups in total. The van der Waals surface area contributed by atoms with Crippen LogP contribution in [0.25, 0.3) is 5.76 Å². The van der Waals surface area contributed by atoms with Gasteiger partial charge in [0.1, 0.15) is 5.76 Å². The minimum atomic E-state index is -1.41. The monoisotopic (exact) mass is 247 g/mol. The van der Waals surface area contributed by atoms with Crippen LogP contribution in [-0.2, 0) is 15.1 Å². The van der Waals surface area contributed by atoms with Gasteiger partial charge in [0.05, 0.1) is 12.8 Å². The predicted octanol–water partition coefficient (Wildman–Crippen LogP) is 1.88. The van der Waals surface area contributed by atoms with Gasteiger partial charge in [0.2, 0.25) is 0 Å². The Kier molecular flexibility index (Phi) is 2.91. The van der Waals surface area contributed by atoms with Crippen molar-refractivity contribution in [3.63, 3.8) is 0 Å². The van der Waals surface area contributed by atoms with Crippen LogP contribution in [0.15, 0.2) is 24.8 Å². The number of carbonyl (C=O) groups is 1. The van der Waals surface area contributed by atoms with Gasteiger partial charge in [-0.2, -0.15) is 0 Å². The molecule has 0 radical (unpaired) electrons. The summed E-state index contributed by atoms with van der Waals surface area (Å²) in [5.74, 6) is 0.241. The lowest BCUT2D eigenvalue weighted by Crippen LogP contribution is -2.37. The summed E-state index contributed by atoms with van der Waals surface area (Å²) in [4.78, 5) is 13.6. The van der Waals surface area contributed by atoms with Crippen LogP contribution >= 0.6 is 0 Å². The smallest absolute Gasteiger partial charge is 0.263 e. The Bertz CT molecular complexity index is 524. The summed E-state index contributed by atoms with van der Waals surface area (Å²) in [6, 6.07) is 5.38. The van der Waals surface area contributed by atoms with Gasteiger partial charge in [0, 0.05) is 18.2 Å². The number of methoxy groups -OCH3 is 1. The molecule has 1 unspecified atom stereocenters. The van der Waals surface area contributed by atoms with Crippen molar-refractivity contribution < 1.29 is 14.6 Å². The first-order valence-corrected chi connectivity index (χ1v) is 5.84. The second kappa shape index (κ2) is 4.14. The van der Waals surface area contributed by atoms with Crippen molar-refractivity contribution in [3.8, 4) is 0 Å². The number of nitrogens with zero attached hydrogens (tertiary/aromatic N) is 1. The van der Waals surface area contributed by atoms with Gasteiger partial charge in [-0.1, -0.05) is 25.6 Å². The van der Waals surface area contributed by atoms with Crippen molar-refractivity contribution >= 4 is 17.4 Å². The molecule has 0 aliphatic carbocycles. The molecule has 18 heavy (non-hydrogen) atoms. The summed E-state index contributed by atoms with van der Waals surface area (Å²) in [5.41, 5.74) is 0.748. The van der Waals surface area contributed by atoms with E-state index in [1.54, 1.807) is 33.2 Å². The molecule has 1 aromatic carbocycles. The van der Waals surface area contributed by atoms with Crippen molar-refractivity contribution in [2.45, 2.75) is 18.9 Å². The minimum absolute atomic E-state index is 0.292. The Labute approximate surface area is 106 Å². The van der Waals surface area contributed by atoms with Crippen molar-refractivity contribution in [1.29, 1.82) is 0 Å². The van der Waals surface area contributed by atoms with Gasteiger partial charge < -0.3 is 14.7 Å². The second-order valence-corrected chi connectivity index (χ2v) is 4.44. The normalized spacial score (nSPS) is 22.0. The molecule has 1 atom stereocenters. The topological polar surface area (TPSA) is 49.8 Å².